The van der Waals surface area contributed by atoms with E-state index in [-0.39, 0.29) is 18.0 Å². The van der Waals surface area contributed by atoms with E-state index in [1.807, 2.05) is 47.4 Å². The third kappa shape index (κ3) is 6.01. The van der Waals surface area contributed by atoms with Crippen LogP contribution in [0.3, 0.4) is 0 Å². The van der Waals surface area contributed by atoms with Gasteiger partial charge in [-0.05, 0) is 55.2 Å². The third-order valence-corrected chi connectivity index (χ3v) is 6.62. The van der Waals surface area contributed by atoms with Gasteiger partial charge in [0.25, 0.3) is 0 Å². The fourth-order valence-electron chi connectivity index (χ4n) is 4.82. The van der Waals surface area contributed by atoms with Gasteiger partial charge in [-0.1, -0.05) is 18.9 Å². The molecule has 1 aliphatic heterocycles. The van der Waals surface area contributed by atoms with Gasteiger partial charge in [0.05, 0.1) is 25.4 Å². The summed E-state index contributed by atoms with van der Waals surface area (Å²) in [6.07, 6.45) is 6.27. The molecular weight excluding hydrogens is 418 g/mol. The number of carbonyl (C=O) groups is 2. The monoisotopic (exact) mass is 451 g/mol. The Bertz CT molecular complexity index is 907. The van der Waals surface area contributed by atoms with Crippen LogP contribution in [-0.2, 0) is 11.3 Å². The van der Waals surface area contributed by atoms with Crippen molar-refractivity contribution in [3.63, 3.8) is 0 Å². The number of nitrogens with one attached hydrogen (secondary N) is 2. The number of anilines is 1. The molecule has 0 spiro atoms. The molecule has 3 amide bonds. The van der Waals surface area contributed by atoms with Crippen molar-refractivity contribution in [1.29, 1.82) is 0 Å². The first-order chi connectivity index (χ1) is 16.1. The van der Waals surface area contributed by atoms with Crippen LogP contribution in [0.2, 0.25) is 0 Å². The minimum atomic E-state index is -0.150. The van der Waals surface area contributed by atoms with Crippen molar-refractivity contribution in [2.75, 3.05) is 38.6 Å². The molecule has 8 nitrogen and oxygen atoms in total. The van der Waals surface area contributed by atoms with Crippen LogP contribution in [0.4, 0.5) is 10.5 Å². The highest BCUT2D eigenvalue weighted by atomic mass is 16.5. The quantitative estimate of drug-likeness (QED) is 0.676. The molecule has 0 bridgehead atoms. The first-order valence-electron chi connectivity index (χ1n) is 11.8. The lowest BCUT2D eigenvalue weighted by molar-refractivity contribution is -0.129. The molecule has 2 N–H and O–H groups in total. The standard InChI is InChI=1S/C25H33N5O3/c1-33-22-11-9-20(10-12-22)28-25(32)30-16-14-29(15-17-30)23(19-6-2-3-7-19)24(31)27-18-21-8-4-5-13-26-21/h4-5,8-13,19,23H,2-3,6-7,14-18H2,1H3,(H,27,31)(H,28,32)/t23-/m1/s1. The topological polar surface area (TPSA) is 86.8 Å². The molecule has 33 heavy (non-hydrogen) atoms. The molecule has 1 aromatic heterocycles. The first-order valence-corrected chi connectivity index (χ1v) is 11.8. The van der Waals surface area contributed by atoms with E-state index in [0.717, 1.165) is 30.0 Å². The molecule has 2 aliphatic rings. The second kappa shape index (κ2) is 11.1. The Morgan fingerprint density at radius 2 is 1.79 bits per heavy atom. The lowest BCUT2D eigenvalue weighted by atomic mass is 9.95. The second-order valence-electron chi connectivity index (χ2n) is 8.71. The number of aromatic nitrogens is 1. The van der Waals surface area contributed by atoms with E-state index in [4.69, 9.17) is 4.74 Å². The number of benzene rings is 1. The molecule has 1 saturated carbocycles. The van der Waals surface area contributed by atoms with E-state index in [2.05, 4.69) is 20.5 Å². The fraction of sp³-hybridized carbons (Fsp3) is 0.480. The number of nitrogens with zero attached hydrogens (tertiary/aromatic N) is 3. The highest BCUT2D eigenvalue weighted by molar-refractivity contribution is 5.89. The van der Waals surface area contributed by atoms with Crippen molar-refractivity contribution in [3.05, 3.63) is 54.4 Å². The van der Waals surface area contributed by atoms with Crippen molar-refractivity contribution in [3.8, 4) is 5.75 Å². The van der Waals surface area contributed by atoms with Gasteiger partial charge in [0.15, 0.2) is 0 Å². The zero-order chi connectivity index (χ0) is 23.0. The van der Waals surface area contributed by atoms with Crippen LogP contribution < -0.4 is 15.4 Å². The van der Waals surface area contributed by atoms with Crippen LogP contribution in [0.15, 0.2) is 48.7 Å². The van der Waals surface area contributed by atoms with Gasteiger partial charge in [0, 0.05) is 38.1 Å². The Hall–Kier alpha value is -3.13. The number of piperazine rings is 1. The Labute approximate surface area is 195 Å². The molecule has 1 aliphatic carbocycles. The fourth-order valence-corrected chi connectivity index (χ4v) is 4.82. The summed E-state index contributed by atoms with van der Waals surface area (Å²) >= 11 is 0. The van der Waals surface area contributed by atoms with Gasteiger partial charge in [0.1, 0.15) is 5.75 Å². The lowest BCUT2D eigenvalue weighted by Gasteiger charge is -2.40. The zero-order valence-corrected chi connectivity index (χ0v) is 19.2. The van der Waals surface area contributed by atoms with Crippen LogP contribution >= 0.6 is 0 Å². The van der Waals surface area contributed by atoms with Gasteiger partial charge in [-0.3, -0.25) is 14.7 Å². The minimum absolute atomic E-state index is 0.0729. The lowest BCUT2D eigenvalue weighted by Crippen LogP contribution is -2.58. The first kappa shape index (κ1) is 23.0. The Morgan fingerprint density at radius 1 is 1.06 bits per heavy atom. The number of pyridine rings is 1. The molecule has 4 rings (SSSR count). The molecule has 2 fully saturated rings. The van der Waals surface area contributed by atoms with Crippen LogP contribution in [0.5, 0.6) is 5.75 Å². The molecule has 1 saturated heterocycles. The average Bonchev–Trinajstić information content (AvgIpc) is 3.39. The summed E-state index contributed by atoms with van der Waals surface area (Å²) in [4.78, 5) is 34.3. The molecule has 0 unspecified atom stereocenters. The molecule has 176 valence electrons. The highest BCUT2D eigenvalue weighted by Crippen LogP contribution is 2.31. The molecule has 8 heteroatoms. The summed E-state index contributed by atoms with van der Waals surface area (Å²) in [6.45, 7) is 3.01. The maximum atomic E-state index is 13.2. The Balaban J connectivity index is 1.33. The number of ether oxygens (including phenoxy) is 1. The summed E-state index contributed by atoms with van der Waals surface area (Å²) in [5.74, 6) is 1.19. The van der Waals surface area contributed by atoms with Gasteiger partial charge in [-0.2, -0.15) is 0 Å². The van der Waals surface area contributed by atoms with Gasteiger partial charge in [-0.25, -0.2) is 4.79 Å². The van der Waals surface area contributed by atoms with E-state index in [9.17, 15) is 9.59 Å². The van der Waals surface area contributed by atoms with Crippen molar-refractivity contribution in [1.82, 2.24) is 20.1 Å². The minimum Gasteiger partial charge on any atom is -0.497 e. The Kier molecular flexibility index (Phi) is 7.78. The van der Waals surface area contributed by atoms with Crippen LogP contribution in [0, 0.1) is 5.92 Å². The van der Waals surface area contributed by atoms with Crippen molar-refractivity contribution in [2.45, 2.75) is 38.3 Å². The summed E-state index contributed by atoms with van der Waals surface area (Å²) < 4.78 is 5.16. The maximum absolute atomic E-state index is 13.2. The van der Waals surface area contributed by atoms with Crippen LogP contribution in [0.1, 0.15) is 31.4 Å². The smallest absolute Gasteiger partial charge is 0.321 e. The van der Waals surface area contributed by atoms with E-state index in [1.165, 1.54) is 12.8 Å². The highest BCUT2D eigenvalue weighted by Gasteiger charge is 2.37. The van der Waals surface area contributed by atoms with E-state index in [0.29, 0.717) is 38.6 Å². The average molecular weight is 452 g/mol. The number of hydrogen-bond acceptors (Lipinski definition) is 5. The van der Waals surface area contributed by atoms with Gasteiger partial charge >= 0.3 is 6.03 Å². The summed E-state index contributed by atoms with van der Waals surface area (Å²) in [7, 11) is 1.62. The summed E-state index contributed by atoms with van der Waals surface area (Å²) in [5.41, 5.74) is 1.59. The largest absolute Gasteiger partial charge is 0.497 e. The number of amides is 3. The van der Waals surface area contributed by atoms with Crippen molar-refractivity contribution < 1.29 is 14.3 Å². The molecule has 1 aromatic carbocycles. The normalized spacial score (nSPS) is 18.0. The zero-order valence-electron chi connectivity index (χ0n) is 19.2. The summed E-state index contributed by atoms with van der Waals surface area (Å²) in [6, 6.07) is 12.8. The number of rotatable bonds is 7. The van der Waals surface area contributed by atoms with Gasteiger partial charge in [0.2, 0.25) is 5.91 Å². The Morgan fingerprint density at radius 3 is 2.42 bits per heavy atom. The van der Waals surface area contributed by atoms with Crippen LogP contribution in [-0.4, -0.2) is 66.1 Å². The number of hydrogen-bond donors (Lipinski definition) is 2. The third-order valence-electron chi connectivity index (χ3n) is 6.62. The van der Waals surface area contributed by atoms with Crippen molar-refractivity contribution in [2.24, 2.45) is 5.92 Å². The van der Waals surface area contributed by atoms with Gasteiger partial charge in [-0.15, -0.1) is 0 Å². The number of methoxy groups -OCH3 is 1. The predicted octanol–water partition coefficient (Wildman–Crippen LogP) is 3.11. The van der Waals surface area contributed by atoms with E-state index >= 15 is 0 Å². The van der Waals surface area contributed by atoms with Gasteiger partial charge < -0.3 is 20.3 Å². The van der Waals surface area contributed by atoms with Crippen molar-refractivity contribution >= 4 is 17.6 Å². The SMILES string of the molecule is COc1ccc(NC(=O)N2CCN([C@@H](C(=O)NCc3ccccn3)C3CCCC3)CC2)cc1. The predicted molar refractivity (Wildman–Crippen MR) is 127 cm³/mol. The van der Waals surface area contributed by atoms with Crippen LogP contribution in [0.25, 0.3) is 0 Å². The number of carbonyl (C=O) groups excluding carboxylic acids is 2. The molecular formula is C25H33N5O3. The number of urea groups is 1. The molecule has 2 aromatic rings. The van der Waals surface area contributed by atoms with E-state index < -0.39 is 0 Å². The molecule has 0 radical (unpaired) electrons. The van der Waals surface area contributed by atoms with E-state index in [1.54, 1.807) is 13.3 Å². The summed E-state index contributed by atoms with van der Waals surface area (Å²) in [5, 5.41) is 6.05. The molecule has 1 atom stereocenters. The molecule has 2 heterocycles. The maximum Gasteiger partial charge on any atom is 0.321 e. The second-order valence-corrected chi connectivity index (χ2v) is 8.71.